The molecule has 0 aliphatic heterocycles. The van der Waals surface area contributed by atoms with Gasteiger partial charge in [-0.15, -0.1) is 24.8 Å². The van der Waals surface area contributed by atoms with Gasteiger partial charge in [0.25, 0.3) is 0 Å². The second-order valence-electron chi connectivity index (χ2n) is 8.50. The molecule has 0 aliphatic carbocycles. The zero-order valence-electron chi connectivity index (χ0n) is 17.3. The molecule has 1 aromatic heterocycles. The normalized spacial score (nSPS) is 12.2. The van der Waals surface area contributed by atoms with E-state index in [2.05, 4.69) is 31.1 Å². The molecule has 0 unspecified atom stereocenters. The summed E-state index contributed by atoms with van der Waals surface area (Å²) in [4.78, 5) is 4.40. The van der Waals surface area contributed by atoms with Gasteiger partial charge in [-0.05, 0) is 49.9 Å². The molecule has 0 saturated heterocycles. The topological polar surface area (TPSA) is 64.0 Å². The van der Waals surface area contributed by atoms with Crippen LogP contribution >= 0.6 is 24.8 Å². The Hall–Kier alpha value is -1.08. The van der Waals surface area contributed by atoms with Crippen molar-refractivity contribution in [3.05, 3.63) is 48.5 Å². The molecule has 0 radical (unpaired) electrons. The Balaban J connectivity index is 0.00000364. The van der Waals surface area contributed by atoms with Gasteiger partial charge >= 0.3 is 0 Å². The van der Waals surface area contributed by atoms with Crippen molar-refractivity contribution in [1.29, 1.82) is 0 Å². The molecule has 1 aromatic carbocycles. The molecular formula is C20H33Cl2N3O2S. The molecule has 0 bridgehead atoms. The lowest BCUT2D eigenvalue weighted by molar-refractivity contribution is 0.412. The van der Waals surface area contributed by atoms with E-state index in [4.69, 9.17) is 0 Å². The van der Waals surface area contributed by atoms with Gasteiger partial charge in [0.2, 0.25) is 0 Å². The van der Waals surface area contributed by atoms with Crippen LogP contribution in [0.25, 0.3) is 0 Å². The van der Waals surface area contributed by atoms with Crippen molar-refractivity contribution < 1.29 is 8.42 Å². The number of nitrogens with zero attached hydrogens (tertiary/aromatic N) is 2. The van der Waals surface area contributed by atoms with Gasteiger partial charge in [-0.1, -0.05) is 32.9 Å². The van der Waals surface area contributed by atoms with Gasteiger partial charge in [0, 0.05) is 24.5 Å². The van der Waals surface area contributed by atoms with Crippen molar-refractivity contribution in [2.75, 3.05) is 12.3 Å². The Bertz CT molecular complexity index is 797. The SMILES string of the molecule is CC(C)(CS(=O)(=O)c1ccc(C(C)(C)C)cc1)NCCCn1ccnc1.Cl.Cl. The number of hydrogen-bond donors (Lipinski definition) is 1. The summed E-state index contributed by atoms with van der Waals surface area (Å²) >= 11 is 0. The summed E-state index contributed by atoms with van der Waals surface area (Å²) < 4.78 is 27.6. The first kappa shape index (κ1) is 26.9. The average Bonchev–Trinajstić information content (AvgIpc) is 3.03. The van der Waals surface area contributed by atoms with E-state index < -0.39 is 15.4 Å². The highest BCUT2D eigenvalue weighted by molar-refractivity contribution is 7.91. The van der Waals surface area contributed by atoms with Gasteiger partial charge in [-0.25, -0.2) is 13.4 Å². The Kier molecular flexibility index (Phi) is 10.2. The van der Waals surface area contributed by atoms with Crippen molar-refractivity contribution in [2.24, 2.45) is 0 Å². The molecule has 0 saturated carbocycles. The van der Waals surface area contributed by atoms with Gasteiger partial charge in [-0.2, -0.15) is 0 Å². The van der Waals surface area contributed by atoms with Crippen LogP contribution in [0.1, 0.15) is 46.6 Å². The van der Waals surface area contributed by atoms with Crippen LogP contribution in [-0.4, -0.2) is 35.8 Å². The number of sulfone groups is 1. The third-order valence-electron chi connectivity index (χ3n) is 4.39. The van der Waals surface area contributed by atoms with Gasteiger partial charge in [0.1, 0.15) is 0 Å². The van der Waals surface area contributed by atoms with Gasteiger partial charge in [0.15, 0.2) is 9.84 Å². The monoisotopic (exact) mass is 449 g/mol. The Labute approximate surface area is 182 Å². The highest BCUT2D eigenvalue weighted by Gasteiger charge is 2.27. The summed E-state index contributed by atoms with van der Waals surface area (Å²) in [6, 6.07) is 7.28. The largest absolute Gasteiger partial charge is 0.337 e. The van der Waals surface area contributed by atoms with Gasteiger partial charge in [-0.3, -0.25) is 0 Å². The van der Waals surface area contributed by atoms with Crippen molar-refractivity contribution in [3.63, 3.8) is 0 Å². The minimum atomic E-state index is -3.34. The van der Waals surface area contributed by atoms with Crippen molar-refractivity contribution in [1.82, 2.24) is 14.9 Å². The lowest BCUT2D eigenvalue weighted by Gasteiger charge is -2.26. The number of rotatable bonds is 8. The first-order valence-electron chi connectivity index (χ1n) is 9.04. The molecule has 2 aromatic rings. The lowest BCUT2D eigenvalue weighted by atomic mass is 9.87. The maximum Gasteiger partial charge on any atom is 0.180 e. The third-order valence-corrected chi connectivity index (χ3v) is 6.48. The molecule has 0 spiro atoms. The summed E-state index contributed by atoms with van der Waals surface area (Å²) in [6.45, 7) is 11.8. The van der Waals surface area contributed by atoms with Crippen LogP contribution in [0.15, 0.2) is 47.9 Å². The van der Waals surface area contributed by atoms with E-state index in [1.807, 2.05) is 36.7 Å². The predicted octanol–water partition coefficient (Wildman–Crippen LogP) is 4.26. The van der Waals surface area contributed by atoms with Crippen molar-refractivity contribution >= 4 is 34.7 Å². The van der Waals surface area contributed by atoms with E-state index in [1.165, 1.54) is 0 Å². The van der Waals surface area contributed by atoms with Crippen LogP contribution in [0.5, 0.6) is 0 Å². The standard InChI is InChI=1S/C20H31N3O2S.2ClH/c1-19(2,3)17-7-9-18(10-8-17)26(24,25)15-20(4,5)22-11-6-13-23-14-12-21-16-23;;/h7-10,12,14,16,22H,6,11,13,15H2,1-5H3;2*1H. The van der Waals surface area contributed by atoms with Gasteiger partial charge in [0.05, 0.1) is 17.0 Å². The minimum Gasteiger partial charge on any atom is -0.337 e. The van der Waals surface area contributed by atoms with E-state index in [-0.39, 0.29) is 36.0 Å². The summed E-state index contributed by atoms with van der Waals surface area (Å²) in [5.74, 6) is 0.0694. The fourth-order valence-corrected chi connectivity index (χ4v) is 4.65. The van der Waals surface area contributed by atoms with Crippen LogP contribution < -0.4 is 5.32 Å². The molecule has 0 atom stereocenters. The number of nitrogens with one attached hydrogen (secondary N) is 1. The fourth-order valence-electron chi connectivity index (χ4n) is 2.88. The van der Waals surface area contributed by atoms with Crippen molar-refractivity contribution in [3.8, 4) is 0 Å². The highest BCUT2D eigenvalue weighted by atomic mass is 35.5. The van der Waals surface area contributed by atoms with Crippen LogP contribution in [0, 0.1) is 0 Å². The molecule has 160 valence electrons. The Morgan fingerprint density at radius 3 is 2.14 bits per heavy atom. The molecule has 1 N–H and O–H groups in total. The number of hydrogen-bond acceptors (Lipinski definition) is 4. The number of benzene rings is 1. The number of imidazole rings is 1. The maximum absolute atomic E-state index is 12.8. The quantitative estimate of drug-likeness (QED) is 0.611. The highest BCUT2D eigenvalue weighted by Crippen LogP contribution is 2.24. The first-order valence-corrected chi connectivity index (χ1v) is 10.7. The van der Waals surface area contributed by atoms with Gasteiger partial charge < -0.3 is 9.88 Å². The predicted molar refractivity (Wildman–Crippen MR) is 121 cm³/mol. The molecule has 0 amide bonds. The zero-order valence-corrected chi connectivity index (χ0v) is 19.8. The molecular weight excluding hydrogens is 417 g/mol. The number of aromatic nitrogens is 2. The maximum atomic E-state index is 12.8. The summed E-state index contributed by atoms with van der Waals surface area (Å²) in [7, 11) is -3.34. The Morgan fingerprint density at radius 2 is 1.64 bits per heavy atom. The van der Waals surface area contributed by atoms with E-state index in [0.29, 0.717) is 4.90 Å². The summed E-state index contributed by atoms with van der Waals surface area (Å²) in [6.07, 6.45) is 6.39. The number of aryl methyl sites for hydroxylation is 1. The zero-order chi connectivity index (χ0) is 19.4. The smallest absolute Gasteiger partial charge is 0.180 e. The molecule has 28 heavy (non-hydrogen) atoms. The molecule has 0 fully saturated rings. The summed E-state index contributed by atoms with van der Waals surface area (Å²) in [5.41, 5.74) is 0.655. The molecule has 2 rings (SSSR count). The summed E-state index contributed by atoms with van der Waals surface area (Å²) in [5, 5.41) is 3.37. The van der Waals surface area contributed by atoms with Crippen LogP contribution in [0.2, 0.25) is 0 Å². The lowest BCUT2D eigenvalue weighted by Crippen LogP contribution is -2.45. The van der Waals surface area contributed by atoms with E-state index in [9.17, 15) is 8.42 Å². The van der Waals surface area contributed by atoms with E-state index in [0.717, 1.165) is 25.1 Å². The van der Waals surface area contributed by atoms with E-state index in [1.54, 1.807) is 24.7 Å². The minimum absolute atomic E-state index is 0. The molecule has 1 heterocycles. The van der Waals surface area contributed by atoms with Crippen LogP contribution in [-0.2, 0) is 21.8 Å². The third kappa shape index (κ3) is 8.11. The molecule has 5 nitrogen and oxygen atoms in total. The molecule has 0 aliphatic rings. The average molecular weight is 450 g/mol. The number of halogens is 2. The van der Waals surface area contributed by atoms with Crippen molar-refractivity contribution in [2.45, 2.75) is 63.4 Å². The molecule has 8 heteroatoms. The fraction of sp³-hybridized carbons (Fsp3) is 0.550. The van der Waals surface area contributed by atoms with Crippen LogP contribution in [0.4, 0.5) is 0 Å². The van der Waals surface area contributed by atoms with Crippen LogP contribution in [0.3, 0.4) is 0 Å². The first-order chi connectivity index (χ1) is 12.0. The second kappa shape index (κ2) is 10.6. The Morgan fingerprint density at radius 1 is 1.04 bits per heavy atom. The van der Waals surface area contributed by atoms with E-state index >= 15 is 0 Å². The second-order valence-corrected chi connectivity index (χ2v) is 10.5.